The van der Waals surface area contributed by atoms with Gasteiger partial charge in [0.15, 0.2) is 0 Å². The lowest BCUT2D eigenvalue weighted by atomic mass is 10.0. The van der Waals surface area contributed by atoms with Crippen molar-refractivity contribution in [2.75, 3.05) is 18.4 Å². The number of carbonyl (C=O) groups is 1. The first-order valence-electron chi connectivity index (χ1n) is 9.49. The Morgan fingerprint density at radius 1 is 1.17 bits per heavy atom. The fourth-order valence-electron chi connectivity index (χ4n) is 3.06. The molecule has 0 radical (unpaired) electrons. The first kappa shape index (κ1) is 20.8. The second-order valence-corrected chi connectivity index (χ2v) is 7.05. The summed E-state index contributed by atoms with van der Waals surface area (Å²) in [6.07, 6.45) is 3.90. The van der Waals surface area contributed by atoms with Crippen LogP contribution >= 0.6 is 11.6 Å². The third-order valence-corrected chi connectivity index (χ3v) is 4.84. The van der Waals surface area contributed by atoms with E-state index < -0.39 is 0 Å². The zero-order valence-corrected chi connectivity index (χ0v) is 16.8. The van der Waals surface area contributed by atoms with Crippen LogP contribution in [0.1, 0.15) is 19.3 Å². The topological polar surface area (TPSA) is 86.9 Å². The molecule has 0 saturated heterocycles. The molecule has 6 nitrogen and oxygen atoms in total. The molecule has 0 atom stereocenters. The van der Waals surface area contributed by atoms with Crippen LogP contribution in [0.15, 0.2) is 59.9 Å². The molecule has 1 amide bonds. The highest BCUT2D eigenvalue weighted by Crippen LogP contribution is 2.30. The number of aromatic nitrogens is 2. The van der Waals surface area contributed by atoms with E-state index in [1.165, 1.54) is 0 Å². The normalized spacial score (nSPS) is 10.8. The minimum absolute atomic E-state index is 0.0907. The average Bonchev–Trinajstić information content (AvgIpc) is 2.73. The maximum absolute atomic E-state index is 12.3. The molecule has 0 spiro atoms. The van der Waals surface area contributed by atoms with E-state index in [9.17, 15) is 9.59 Å². The highest BCUT2D eigenvalue weighted by atomic mass is 35.5. The van der Waals surface area contributed by atoms with Gasteiger partial charge in [-0.15, -0.1) is 6.58 Å². The van der Waals surface area contributed by atoms with Gasteiger partial charge >= 0.3 is 0 Å². The molecule has 1 aromatic heterocycles. The number of halogens is 1. The van der Waals surface area contributed by atoms with Gasteiger partial charge in [0.05, 0.1) is 21.8 Å². The van der Waals surface area contributed by atoms with Gasteiger partial charge in [-0.25, -0.2) is 5.10 Å². The molecule has 150 valence electrons. The van der Waals surface area contributed by atoms with Gasteiger partial charge in [0.1, 0.15) is 0 Å². The number of unbranched alkanes of at least 4 members (excludes halogenated alkanes) is 1. The molecule has 0 aliphatic carbocycles. The van der Waals surface area contributed by atoms with E-state index in [-0.39, 0.29) is 11.5 Å². The van der Waals surface area contributed by atoms with Crippen LogP contribution in [0.4, 0.5) is 5.69 Å². The molecule has 29 heavy (non-hydrogen) atoms. The predicted molar refractivity (Wildman–Crippen MR) is 118 cm³/mol. The van der Waals surface area contributed by atoms with Crippen LogP contribution in [0, 0.1) is 0 Å². The number of fused-ring (bicyclic) bond motifs is 1. The summed E-state index contributed by atoms with van der Waals surface area (Å²) in [5, 5.41) is 14.6. The number of rotatable bonds is 9. The van der Waals surface area contributed by atoms with Crippen molar-refractivity contribution in [3.63, 3.8) is 0 Å². The van der Waals surface area contributed by atoms with Crippen LogP contribution in [-0.4, -0.2) is 29.2 Å². The number of anilines is 1. The van der Waals surface area contributed by atoms with Gasteiger partial charge < -0.3 is 10.6 Å². The summed E-state index contributed by atoms with van der Waals surface area (Å²) in [7, 11) is 0. The Morgan fingerprint density at radius 2 is 1.97 bits per heavy atom. The molecule has 0 bridgehead atoms. The van der Waals surface area contributed by atoms with Crippen LogP contribution in [0.3, 0.4) is 0 Å². The summed E-state index contributed by atoms with van der Waals surface area (Å²) in [5.74, 6) is -0.0907. The number of carbonyl (C=O) groups excluding carboxylic acids is 1. The van der Waals surface area contributed by atoms with Crippen molar-refractivity contribution in [2.45, 2.75) is 19.3 Å². The predicted octanol–water partition coefficient (Wildman–Crippen LogP) is 4.13. The van der Waals surface area contributed by atoms with E-state index in [0.29, 0.717) is 28.2 Å². The van der Waals surface area contributed by atoms with E-state index in [1.54, 1.807) is 18.2 Å². The van der Waals surface area contributed by atoms with Gasteiger partial charge in [-0.3, -0.25) is 9.59 Å². The van der Waals surface area contributed by atoms with Gasteiger partial charge in [-0.05, 0) is 37.6 Å². The van der Waals surface area contributed by atoms with E-state index in [1.807, 2.05) is 30.3 Å². The summed E-state index contributed by atoms with van der Waals surface area (Å²) in [6.45, 7) is 5.26. The summed E-state index contributed by atoms with van der Waals surface area (Å²) in [4.78, 5) is 24.3. The number of hydrogen-bond acceptors (Lipinski definition) is 4. The standard InChI is InChI=1S/C22H23ClN4O2/c1-2-12-24-13-6-5-9-20(28)25-19-14-15(10-11-18(19)23)21-16-7-3-4-8-17(16)22(29)27-26-21/h2-4,7-8,10-11,14,24H,1,5-6,9,12-13H2,(H,25,28)(H,27,29). The van der Waals surface area contributed by atoms with E-state index in [0.717, 1.165) is 36.9 Å². The molecule has 2 aromatic carbocycles. The third kappa shape index (κ3) is 5.31. The van der Waals surface area contributed by atoms with Crippen molar-refractivity contribution in [1.29, 1.82) is 0 Å². The van der Waals surface area contributed by atoms with E-state index >= 15 is 0 Å². The second-order valence-electron chi connectivity index (χ2n) is 6.64. The number of amides is 1. The van der Waals surface area contributed by atoms with Crippen molar-refractivity contribution in [2.24, 2.45) is 0 Å². The molecule has 3 rings (SSSR count). The summed E-state index contributed by atoms with van der Waals surface area (Å²) >= 11 is 6.28. The minimum Gasteiger partial charge on any atom is -0.325 e. The minimum atomic E-state index is -0.241. The van der Waals surface area contributed by atoms with Gasteiger partial charge in [-0.1, -0.05) is 41.9 Å². The second kappa shape index (κ2) is 10.0. The number of H-pyrrole nitrogens is 1. The molecule has 7 heteroatoms. The van der Waals surface area contributed by atoms with Gasteiger partial charge in [0.2, 0.25) is 5.91 Å². The van der Waals surface area contributed by atoms with E-state index in [2.05, 4.69) is 27.4 Å². The molecule has 3 N–H and O–H groups in total. The Hall–Kier alpha value is -2.96. The van der Waals surface area contributed by atoms with E-state index in [4.69, 9.17) is 11.6 Å². The largest absolute Gasteiger partial charge is 0.325 e. The Kier molecular flexibility index (Phi) is 7.16. The van der Waals surface area contributed by atoms with Crippen LogP contribution in [0.25, 0.3) is 22.0 Å². The zero-order valence-electron chi connectivity index (χ0n) is 16.0. The van der Waals surface area contributed by atoms with Crippen LogP contribution in [-0.2, 0) is 4.79 Å². The maximum Gasteiger partial charge on any atom is 0.272 e. The van der Waals surface area contributed by atoms with Crippen molar-refractivity contribution in [1.82, 2.24) is 15.5 Å². The summed E-state index contributed by atoms with van der Waals surface area (Å²) in [5.41, 5.74) is 1.66. The lowest BCUT2D eigenvalue weighted by Gasteiger charge is -2.11. The lowest BCUT2D eigenvalue weighted by Crippen LogP contribution is -2.16. The zero-order chi connectivity index (χ0) is 20.6. The van der Waals surface area contributed by atoms with Gasteiger partial charge in [-0.2, -0.15) is 5.10 Å². The molecule has 3 aromatic rings. The van der Waals surface area contributed by atoms with Gasteiger partial charge in [0.25, 0.3) is 5.56 Å². The number of benzene rings is 2. The maximum atomic E-state index is 12.3. The van der Waals surface area contributed by atoms with Crippen molar-refractivity contribution >= 4 is 34.0 Å². The number of hydrogen-bond donors (Lipinski definition) is 3. The van der Waals surface area contributed by atoms with Crippen LogP contribution in [0.2, 0.25) is 5.02 Å². The molecule has 0 fully saturated rings. The monoisotopic (exact) mass is 410 g/mol. The molecule has 0 unspecified atom stereocenters. The highest BCUT2D eigenvalue weighted by Gasteiger charge is 2.12. The fourth-order valence-corrected chi connectivity index (χ4v) is 3.22. The molecule has 0 aliphatic heterocycles. The van der Waals surface area contributed by atoms with Crippen molar-refractivity contribution in [3.05, 3.63) is 70.5 Å². The molecular weight excluding hydrogens is 388 g/mol. The lowest BCUT2D eigenvalue weighted by molar-refractivity contribution is -0.116. The smallest absolute Gasteiger partial charge is 0.272 e. The number of nitrogens with one attached hydrogen (secondary N) is 3. The summed E-state index contributed by atoms with van der Waals surface area (Å²) in [6, 6.07) is 12.6. The molecule has 0 aliphatic rings. The Bertz CT molecular complexity index is 1080. The van der Waals surface area contributed by atoms with Crippen molar-refractivity contribution < 1.29 is 4.79 Å². The number of aromatic amines is 1. The SMILES string of the molecule is C=CCNCCCCC(=O)Nc1cc(-c2n[nH]c(=O)c3ccccc23)ccc1Cl. The fraction of sp³-hybridized carbons (Fsp3) is 0.227. The Balaban J connectivity index is 1.74. The average molecular weight is 411 g/mol. The van der Waals surface area contributed by atoms with Crippen molar-refractivity contribution in [3.8, 4) is 11.3 Å². The Labute approximate surface area is 174 Å². The first-order valence-corrected chi connectivity index (χ1v) is 9.86. The Morgan fingerprint density at radius 3 is 2.76 bits per heavy atom. The molecule has 0 saturated carbocycles. The third-order valence-electron chi connectivity index (χ3n) is 4.51. The summed E-state index contributed by atoms with van der Waals surface area (Å²) < 4.78 is 0. The van der Waals surface area contributed by atoms with Gasteiger partial charge in [0, 0.05) is 23.9 Å². The highest BCUT2D eigenvalue weighted by molar-refractivity contribution is 6.33. The first-order chi connectivity index (χ1) is 14.1. The number of nitrogens with zero attached hydrogens (tertiary/aromatic N) is 1. The molecular formula is C22H23ClN4O2. The molecule has 1 heterocycles. The quantitative estimate of drug-likeness (QED) is 0.365. The van der Waals surface area contributed by atoms with Crippen LogP contribution in [0.5, 0.6) is 0 Å². The van der Waals surface area contributed by atoms with Crippen LogP contribution < -0.4 is 16.2 Å².